The Hall–Kier alpha value is -1.00. The first kappa shape index (κ1) is 16.1. The molecule has 0 bridgehead atoms. The summed E-state index contributed by atoms with van der Waals surface area (Å²) >= 11 is 1.57. The highest BCUT2D eigenvalue weighted by Crippen LogP contribution is 2.21. The van der Waals surface area contributed by atoms with E-state index in [9.17, 15) is 4.79 Å². The minimum absolute atomic E-state index is 0.0740. The van der Waals surface area contributed by atoms with Gasteiger partial charge in [-0.25, -0.2) is 0 Å². The Morgan fingerprint density at radius 1 is 1.42 bits per heavy atom. The largest absolute Gasteiger partial charge is 0.396 e. The minimum Gasteiger partial charge on any atom is -0.396 e. The van der Waals surface area contributed by atoms with E-state index in [4.69, 9.17) is 5.11 Å². The molecular weight excluding hydrogens is 258 g/mol. The van der Waals surface area contributed by atoms with Crippen LogP contribution in [0.3, 0.4) is 0 Å². The predicted octanol–water partition coefficient (Wildman–Crippen LogP) is 2.61. The Kier molecular flexibility index (Phi) is 7.60. The van der Waals surface area contributed by atoms with E-state index in [1.54, 1.807) is 11.8 Å². The molecule has 0 saturated carbocycles. The fourth-order valence-electron chi connectivity index (χ4n) is 1.68. The molecule has 0 spiro atoms. The third-order valence-electron chi connectivity index (χ3n) is 2.96. The van der Waals surface area contributed by atoms with Gasteiger partial charge in [0.05, 0.1) is 5.75 Å². The van der Waals surface area contributed by atoms with Gasteiger partial charge in [-0.15, -0.1) is 11.8 Å². The van der Waals surface area contributed by atoms with Crippen LogP contribution in [0.25, 0.3) is 0 Å². The first-order chi connectivity index (χ1) is 9.13. The van der Waals surface area contributed by atoms with E-state index in [0.717, 1.165) is 17.7 Å². The van der Waals surface area contributed by atoms with Crippen molar-refractivity contribution >= 4 is 17.7 Å². The quantitative estimate of drug-likeness (QED) is 0.569. The van der Waals surface area contributed by atoms with E-state index in [1.807, 2.05) is 25.1 Å². The molecule has 3 nitrogen and oxygen atoms in total. The van der Waals surface area contributed by atoms with Crippen molar-refractivity contribution in [1.82, 2.24) is 5.32 Å². The number of carbonyl (C=O) groups is 1. The molecular formula is C15H23NO2S. The van der Waals surface area contributed by atoms with Gasteiger partial charge in [0, 0.05) is 18.0 Å². The molecule has 1 amide bonds. The molecule has 2 N–H and O–H groups in total. The summed E-state index contributed by atoms with van der Waals surface area (Å²) in [6.07, 6.45) is 1.87. The fraction of sp³-hybridized carbons (Fsp3) is 0.533. The molecule has 1 atom stereocenters. The van der Waals surface area contributed by atoms with Crippen molar-refractivity contribution in [2.45, 2.75) is 31.6 Å². The van der Waals surface area contributed by atoms with Crippen LogP contribution in [0.15, 0.2) is 29.2 Å². The maximum Gasteiger partial charge on any atom is 0.230 e. The number of carbonyl (C=O) groups excluding carboxylic acids is 1. The number of nitrogens with one attached hydrogen (secondary N) is 1. The zero-order chi connectivity index (χ0) is 14.1. The van der Waals surface area contributed by atoms with Gasteiger partial charge < -0.3 is 10.4 Å². The normalized spacial score (nSPS) is 12.2. The number of thioether (sulfide) groups is 1. The average Bonchev–Trinajstić information content (AvgIpc) is 2.42. The summed E-state index contributed by atoms with van der Waals surface area (Å²) in [6, 6.07) is 8.08. The molecule has 4 heteroatoms. The summed E-state index contributed by atoms with van der Waals surface area (Å²) in [5, 5.41) is 11.8. The van der Waals surface area contributed by atoms with Crippen molar-refractivity contribution in [1.29, 1.82) is 0 Å². The summed E-state index contributed by atoms with van der Waals surface area (Å²) in [5.74, 6) is 0.851. The van der Waals surface area contributed by atoms with Crippen LogP contribution in [0, 0.1) is 12.8 Å². The lowest BCUT2D eigenvalue weighted by atomic mass is 10.1. The molecule has 0 aliphatic carbocycles. The SMILES string of the molecule is Cc1ccccc1SCC(=O)NCCCC(C)CO. The molecule has 1 aromatic rings. The topological polar surface area (TPSA) is 49.3 Å². The number of hydrogen-bond donors (Lipinski definition) is 2. The predicted molar refractivity (Wildman–Crippen MR) is 80.4 cm³/mol. The van der Waals surface area contributed by atoms with E-state index in [-0.39, 0.29) is 12.5 Å². The highest BCUT2D eigenvalue weighted by molar-refractivity contribution is 8.00. The third-order valence-corrected chi connectivity index (χ3v) is 4.14. The lowest BCUT2D eigenvalue weighted by Gasteiger charge is -2.09. The van der Waals surface area contributed by atoms with Crippen molar-refractivity contribution in [3.8, 4) is 0 Å². The summed E-state index contributed by atoms with van der Waals surface area (Å²) < 4.78 is 0. The van der Waals surface area contributed by atoms with Gasteiger partial charge in [-0.3, -0.25) is 4.79 Å². The van der Waals surface area contributed by atoms with Gasteiger partial charge in [-0.2, -0.15) is 0 Å². The molecule has 106 valence electrons. The Morgan fingerprint density at radius 2 is 2.16 bits per heavy atom. The molecule has 0 aliphatic rings. The van der Waals surface area contributed by atoms with Crippen LogP contribution >= 0.6 is 11.8 Å². The number of aliphatic hydroxyl groups excluding tert-OH is 1. The van der Waals surface area contributed by atoms with Crippen LogP contribution in [-0.4, -0.2) is 29.9 Å². The summed E-state index contributed by atoms with van der Waals surface area (Å²) in [4.78, 5) is 12.8. The molecule has 0 fully saturated rings. The standard InChI is InChI=1S/C15H23NO2S/c1-12(10-17)6-5-9-16-15(18)11-19-14-8-4-3-7-13(14)2/h3-4,7-8,12,17H,5-6,9-11H2,1-2H3,(H,16,18). The monoisotopic (exact) mass is 281 g/mol. The third kappa shape index (κ3) is 6.64. The second-order valence-corrected chi connectivity index (χ2v) is 5.85. The van der Waals surface area contributed by atoms with Crippen LogP contribution in [0.4, 0.5) is 0 Å². The lowest BCUT2D eigenvalue weighted by Crippen LogP contribution is -2.26. The average molecular weight is 281 g/mol. The highest BCUT2D eigenvalue weighted by atomic mass is 32.2. The van der Waals surface area contributed by atoms with Crippen molar-refractivity contribution in [2.75, 3.05) is 18.9 Å². The molecule has 19 heavy (non-hydrogen) atoms. The van der Waals surface area contributed by atoms with Gasteiger partial charge in [0.15, 0.2) is 0 Å². The van der Waals surface area contributed by atoms with E-state index in [0.29, 0.717) is 18.2 Å². The zero-order valence-corrected chi connectivity index (χ0v) is 12.5. The van der Waals surface area contributed by atoms with Crippen molar-refractivity contribution in [2.24, 2.45) is 5.92 Å². The number of benzene rings is 1. The number of hydrogen-bond acceptors (Lipinski definition) is 3. The van der Waals surface area contributed by atoms with Crippen molar-refractivity contribution < 1.29 is 9.90 Å². The van der Waals surface area contributed by atoms with Gasteiger partial charge >= 0.3 is 0 Å². The Morgan fingerprint density at radius 3 is 2.84 bits per heavy atom. The van der Waals surface area contributed by atoms with Crippen LogP contribution in [0.1, 0.15) is 25.3 Å². The molecule has 0 aromatic heterocycles. The number of aryl methyl sites for hydroxylation is 1. The number of amides is 1. The maximum atomic E-state index is 11.7. The molecule has 0 heterocycles. The molecule has 0 radical (unpaired) electrons. The first-order valence-corrected chi connectivity index (χ1v) is 7.68. The van der Waals surface area contributed by atoms with Crippen LogP contribution in [0.2, 0.25) is 0 Å². The minimum atomic E-state index is 0.0740. The van der Waals surface area contributed by atoms with Gasteiger partial charge in [0.25, 0.3) is 0 Å². The summed E-state index contributed by atoms with van der Waals surface area (Å²) in [5.41, 5.74) is 1.21. The van der Waals surface area contributed by atoms with Gasteiger partial charge in [0.2, 0.25) is 5.91 Å². The molecule has 1 unspecified atom stereocenters. The first-order valence-electron chi connectivity index (χ1n) is 6.69. The van der Waals surface area contributed by atoms with E-state index >= 15 is 0 Å². The van der Waals surface area contributed by atoms with Crippen LogP contribution < -0.4 is 5.32 Å². The van der Waals surface area contributed by atoms with Gasteiger partial charge in [-0.05, 0) is 37.3 Å². The summed E-state index contributed by atoms with van der Waals surface area (Å²) in [6.45, 7) is 4.97. The summed E-state index contributed by atoms with van der Waals surface area (Å²) in [7, 11) is 0. The Labute approximate surface area is 119 Å². The maximum absolute atomic E-state index is 11.7. The van der Waals surface area contributed by atoms with Crippen LogP contribution in [0.5, 0.6) is 0 Å². The molecule has 0 saturated heterocycles. The fourth-order valence-corrected chi connectivity index (χ4v) is 2.54. The Bertz CT molecular complexity index is 395. The van der Waals surface area contributed by atoms with Gasteiger partial charge in [0.1, 0.15) is 0 Å². The molecule has 0 aliphatic heterocycles. The van der Waals surface area contributed by atoms with E-state index < -0.39 is 0 Å². The Balaban J connectivity index is 2.16. The van der Waals surface area contributed by atoms with Crippen LogP contribution in [-0.2, 0) is 4.79 Å². The van der Waals surface area contributed by atoms with Crippen molar-refractivity contribution in [3.05, 3.63) is 29.8 Å². The smallest absolute Gasteiger partial charge is 0.230 e. The molecule has 1 rings (SSSR count). The zero-order valence-electron chi connectivity index (χ0n) is 11.7. The number of aliphatic hydroxyl groups is 1. The van der Waals surface area contributed by atoms with Gasteiger partial charge in [-0.1, -0.05) is 25.1 Å². The van der Waals surface area contributed by atoms with E-state index in [2.05, 4.69) is 18.3 Å². The van der Waals surface area contributed by atoms with E-state index in [1.165, 1.54) is 5.56 Å². The molecule has 1 aromatic carbocycles. The second-order valence-electron chi connectivity index (χ2n) is 4.83. The highest BCUT2D eigenvalue weighted by Gasteiger charge is 2.05. The lowest BCUT2D eigenvalue weighted by molar-refractivity contribution is -0.118. The number of rotatable bonds is 8. The second kappa shape index (κ2) is 8.99. The van der Waals surface area contributed by atoms with Crippen molar-refractivity contribution in [3.63, 3.8) is 0 Å².